The lowest BCUT2D eigenvalue weighted by molar-refractivity contribution is -0.0619. The number of rotatable bonds is 6. The van der Waals surface area contributed by atoms with Crippen LogP contribution in [-0.4, -0.2) is 29.2 Å². The van der Waals surface area contributed by atoms with Crippen LogP contribution in [0.5, 0.6) is 5.75 Å². The van der Waals surface area contributed by atoms with E-state index in [9.17, 15) is 0 Å². The molecule has 1 aromatic heterocycles. The van der Waals surface area contributed by atoms with Crippen molar-refractivity contribution in [2.75, 3.05) is 0 Å². The van der Waals surface area contributed by atoms with Crippen molar-refractivity contribution in [1.29, 1.82) is 0 Å². The van der Waals surface area contributed by atoms with Gasteiger partial charge < -0.3 is 9.16 Å². The van der Waals surface area contributed by atoms with Gasteiger partial charge in [0.25, 0.3) is 0 Å². The molecule has 2 atom stereocenters. The predicted octanol–water partition coefficient (Wildman–Crippen LogP) is 5.43. The Hall–Kier alpha value is -1.08. The second-order valence-corrected chi connectivity index (χ2v) is 13.3. The second-order valence-electron chi connectivity index (χ2n) is 7.98. The van der Waals surface area contributed by atoms with Gasteiger partial charge in [-0.25, -0.2) is 9.67 Å². The van der Waals surface area contributed by atoms with E-state index in [1.807, 2.05) is 0 Å². The molecule has 1 heterocycles. The first-order valence-corrected chi connectivity index (χ1v) is 12.3. The molecule has 0 spiro atoms. The fraction of sp³-hybridized carbons (Fsp3) is 0.529. The average molecular weight is 402 g/mol. The van der Waals surface area contributed by atoms with Crippen LogP contribution in [0.15, 0.2) is 30.9 Å². The van der Waals surface area contributed by atoms with Gasteiger partial charge in [0.05, 0.1) is 5.02 Å². The Kier molecular flexibility index (Phi) is 6.20. The molecule has 2 unspecified atom stereocenters. The fourth-order valence-corrected chi connectivity index (χ4v) is 4.03. The maximum atomic E-state index is 6.48. The highest BCUT2D eigenvalue weighted by Gasteiger charge is 2.39. The van der Waals surface area contributed by atoms with E-state index in [0.717, 1.165) is 0 Å². The minimum atomic E-state index is -1.84. The molecule has 0 saturated heterocycles. The summed E-state index contributed by atoms with van der Waals surface area (Å²) in [4.78, 5) is 4.06. The predicted molar refractivity (Wildman–Crippen MR) is 104 cm³/mol. The van der Waals surface area contributed by atoms with E-state index in [2.05, 4.69) is 50.5 Å². The third kappa shape index (κ3) is 5.71. The topological polar surface area (TPSA) is 49.2 Å². The summed E-state index contributed by atoms with van der Waals surface area (Å²) in [5.74, 6) is 0.528. The molecule has 5 nitrogen and oxygen atoms in total. The number of nitrogens with zero attached hydrogens (tertiary/aromatic N) is 3. The minimum Gasteiger partial charge on any atom is -0.464 e. The summed E-state index contributed by atoms with van der Waals surface area (Å²) < 4.78 is 14.4. The molecule has 0 aliphatic carbocycles. The number of ether oxygens (including phenoxy) is 1. The van der Waals surface area contributed by atoms with Crippen molar-refractivity contribution in [1.82, 2.24) is 14.8 Å². The van der Waals surface area contributed by atoms with E-state index in [-0.39, 0.29) is 11.5 Å². The van der Waals surface area contributed by atoms with Crippen molar-refractivity contribution < 1.29 is 9.16 Å². The Morgan fingerprint density at radius 2 is 1.84 bits per heavy atom. The molecule has 25 heavy (non-hydrogen) atoms. The SMILES string of the molecule is CC(C)(C)C(O[Si](C)(C)C)C(Oc1ccc(Cl)cc1Cl)n1cncn1. The molecule has 138 valence electrons. The molecule has 0 aliphatic rings. The highest BCUT2D eigenvalue weighted by atomic mass is 35.5. The summed E-state index contributed by atoms with van der Waals surface area (Å²) in [6.45, 7) is 12.8. The van der Waals surface area contributed by atoms with Crippen molar-refractivity contribution in [3.63, 3.8) is 0 Å². The fourth-order valence-electron chi connectivity index (χ4n) is 2.35. The Morgan fingerprint density at radius 3 is 2.32 bits per heavy atom. The van der Waals surface area contributed by atoms with Crippen molar-refractivity contribution in [2.24, 2.45) is 5.41 Å². The van der Waals surface area contributed by atoms with Gasteiger partial charge in [0.1, 0.15) is 24.5 Å². The first kappa shape index (κ1) is 20.2. The van der Waals surface area contributed by atoms with Crippen LogP contribution >= 0.6 is 23.2 Å². The van der Waals surface area contributed by atoms with Crippen LogP contribution in [0.1, 0.15) is 27.0 Å². The quantitative estimate of drug-likeness (QED) is 0.605. The molecule has 2 aromatic rings. The molecule has 0 aliphatic heterocycles. The third-order valence-electron chi connectivity index (χ3n) is 3.43. The monoisotopic (exact) mass is 401 g/mol. The van der Waals surface area contributed by atoms with Crippen LogP contribution in [0.3, 0.4) is 0 Å². The molecule has 0 bridgehead atoms. The van der Waals surface area contributed by atoms with Crippen molar-refractivity contribution in [3.8, 4) is 5.75 Å². The van der Waals surface area contributed by atoms with Gasteiger partial charge in [-0.05, 0) is 43.3 Å². The van der Waals surface area contributed by atoms with E-state index < -0.39 is 14.5 Å². The number of benzene rings is 1. The summed E-state index contributed by atoms with van der Waals surface area (Å²) in [5.41, 5.74) is -0.185. The summed E-state index contributed by atoms with van der Waals surface area (Å²) in [6.07, 6.45) is 2.36. The highest BCUT2D eigenvalue weighted by Crippen LogP contribution is 2.37. The first-order chi connectivity index (χ1) is 11.5. The van der Waals surface area contributed by atoms with Gasteiger partial charge in [0.2, 0.25) is 6.23 Å². The van der Waals surface area contributed by atoms with E-state index in [4.69, 9.17) is 32.4 Å². The molecular formula is C17H25Cl2N3O2Si. The zero-order valence-electron chi connectivity index (χ0n) is 15.5. The van der Waals surface area contributed by atoms with Gasteiger partial charge in [-0.1, -0.05) is 44.0 Å². The highest BCUT2D eigenvalue weighted by molar-refractivity contribution is 6.69. The van der Waals surface area contributed by atoms with Gasteiger partial charge in [-0.3, -0.25) is 0 Å². The molecule has 2 rings (SSSR count). The summed E-state index contributed by atoms with van der Waals surface area (Å²) >= 11 is 12.3. The van der Waals surface area contributed by atoms with Crippen molar-refractivity contribution in [2.45, 2.75) is 52.7 Å². The number of aromatic nitrogens is 3. The van der Waals surface area contributed by atoms with Crippen LogP contribution in [0.2, 0.25) is 29.7 Å². The van der Waals surface area contributed by atoms with Crippen molar-refractivity contribution in [3.05, 3.63) is 40.9 Å². The van der Waals surface area contributed by atoms with Crippen LogP contribution in [0, 0.1) is 5.41 Å². The number of hydrogen-bond acceptors (Lipinski definition) is 4. The summed E-state index contributed by atoms with van der Waals surface area (Å²) in [5, 5.41) is 5.27. The largest absolute Gasteiger partial charge is 0.464 e. The lowest BCUT2D eigenvalue weighted by Crippen LogP contribution is -2.46. The Labute approximate surface area is 160 Å². The number of hydrogen-bond donors (Lipinski definition) is 0. The zero-order chi connectivity index (χ0) is 18.8. The molecular weight excluding hydrogens is 377 g/mol. The lowest BCUT2D eigenvalue weighted by atomic mass is 9.88. The Balaban J connectivity index is 2.43. The molecule has 0 fully saturated rings. The lowest BCUT2D eigenvalue weighted by Gasteiger charge is -2.40. The molecule has 0 N–H and O–H groups in total. The second kappa shape index (κ2) is 7.66. The van der Waals surface area contributed by atoms with Gasteiger partial charge in [0, 0.05) is 5.02 Å². The first-order valence-electron chi connectivity index (χ1n) is 8.11. The van der Waals surface area contributed by atoms with E-state index in [1.165, 1.54) is 6.33 Å². The van der Waals surface area contributed by atoms with Gasteiger partial charge >= 0.3 is 0 Å². The molecule has 1 aromatic carbocycles. The van der Waals surface area contributed by atoms with Crippen LogP contribution in [0.4, 0.5) is 0 Å². The Morgan fingerprint density at radius 1 is 1.16 bits per heavy atom. The normalized spacial score (nSPS) is 15.0. The van der Waals surface area contributed by atoms with Gasteiger partial charge in [0.15, 0.2) is 8.32 Å². The minimum absolute atomic E-state index is 0.185. The Bertz CT molecular complexity index is 697. The van der Waals surface area contributed by atoms with Crippen LogP contribution < -0.4 is 4.74 Å². The summed E-state index contributed by atoms with van der Waals surface area (Å²) in [7, 11) is -1.84. The maximum Gasteiger partial charge on any atom is 0.218 e. The van der Waals surface area contributed by atoms with Gasteiger partial charge in [-0.15, -0.1) is 0 Å². The average Bonchev–Trinajstić information content (AvgIpc) is 2.96. The van der Waals surface area contributed by atoms with Gasteiger partial charge in [-0.2, -0.15) is 5.10 Å². The zero-order valence-corrected chi connectivity index (χ0v) is 18.0. The molecule has 8 heteroatoms. The maximum absolute atomic E-state index is 6.48. The van der Waals surface area contributed by atoms with E-state index in [0.29, 0.717) is 15.8 Å². The van der Waals surface area contributed by atoms with Crippen molar-refractivity contribution >= 4 is 31.5 Å². The standard InChI is InChI=1S/C17H25Cl2N3O2Si/c1-17(2,3)15(24-25(4,5)6)16(22-11-20-10-21-22)23-14-8-7-12(18)9-13(14)19/h7-11,15-16H,1-6H3. The van der Waals surface area contributed by atoms with Crippen LogP contribution in [0.25, 0.3) is 0 Å². The summed E-state index contributed by atoms with van der Waals surface area (Å²) in [6, 6.07) is 5.15. The molecule has 0 amide bonds. The third-order valence-corrected chi connectivity index (χ3v) is 4.92. The number of halogens is 2. The molecule has 0 radical (unpaired) electrons. The van der Waals surface area contributed by atoms with E-state index >= 15 is 0 Å². The molecule has 0 saturated carbocycles. The smallest absolute Gasteiger partial charge is 0.218 e. The van der Waals surface area contributed by atoms with E-state index in [1.54, 1.807) is 29.2 Å². The van der Waals surface area contributed by atoms with Crippen LogP contribution in [-0.2, 0) is 4.43 Å².